The van der Waals surface area contributed by atoms with Crippen LogP contribution in [0.5, 0.6) is 0 Å². The number of amides is 1. The van der Waals surface area contributed by atoms with Gasteiger partial charge in [-0.3, -0.25) is 9.69 Å². The van der Waals surface area contributed by atoms with Crippen molar-refractivity contribution in [3.63, 3.8) is 0 Å². The summed E-state index contributed by atoms with van der Waals surface area (Å²) in [6.45, 7) is 9.61. The van der Waals surface area contributed by atoms with Gasteiger partial charge in [-0.1, -0.05) is 31.5 Å². The first-order chi connectivity index (χ1) is 10.5. The Labute approximate surface area is 147 Å². The summed E-state index contributed by atoms with van der Waals surface area (Å²) >= 11 is 0. The van der Waals surface area contributed by atoms with Crippen molar-refractivity contribution < 1.29 is 4.79 Å². The van der Waals surface area contributed by atoms with Crippen molar-refractivity contribution in [3.8, 4) is 0 Å². The summed E-state index contributed by atoms with van der Waals surface area (Å²) in [5.41, 5.74) is 3.26. The number of halogens is 1. The highest BCUT2D eigenvalue weighted by molar-refractivity contribution is 5.96. The van der Waals surface area contributed by atoms with E-state index in [0.29, 0.717) is 6.04 Å². The summed E-state index contributed by atoms with van der Waals surface area (Å²) in [6.07, 6.45) is 5.67. The lowest BCUT2D eigenvalue weighted by Crippen LogP contribution is -2.51. The zero-order chi connectivity index (χ0) is 16.1. The molecule has 0 aromatic heterocycles. The van der Waals surface area contributed by atoms with Gasteiger partial charge in [0.25, 0.3) is 0 Å². The molecule has 1 N–H and O–H groups in total. The lowest BCUT2D eigenvalue weighted by Gasteiger charge is -2.39. The summed E-state index contributed by atoms with van der Waals surface area (Å²) in [5, 5.41) is 3.19. The summed E-state index contributed by atoms with van der Waals surface area (Å²) in [6, 6.07) is 6.68. The van der Waals surface area contributed by atoms with Gasteiger partial charge >= 0.3 is 0 Å². The third-order valence-corrected chi connectivity index (χ3v) is 4.87. The highest BCUT2D eigenvalue weighted by atomic mass is 35.5. The van der Waals surface area contributed by atoms with Crippen LogP contribution in [0.4, 0.5) is 5.69 Å². The Morgan fingerprint density at radius 3 is 2.52 bits per heavy atom. The Hall–Kier alpha value is -1.06. The Morgan fingerprint density at radius 2 is 1.91 bits per heavy atom. The summed E-state index contributed by atoms with van der Waals surface area (Å²) in [5.74, 6) is 0.167. The van der Waals surface area contributed by atoms with E-state index in [4.69, 9.17) is 0 Å². The third-order valence-electron chi connectivity index (χ3n) is 4.87. The number of likely N-dealkylation sites (tertiary alicyclic amines) is 1. The molecule has 1 fully saturated rings. The van der Waals surface area contributed by atoms with Gasteiger partial charge in [-0.25, -0.2) is 0 Å². The Bertz CT molecular complexity index is 498. The fraction of sp³-hybridized carbons (Fsp3) is 0.632. The largest absolute Gasteiger partial charge is 0.324 e. The number of nitrogens with zero attached hydrogens (tertiary/aromatic N) is 1. The normalized spacial score (nSPS) is 21.6. The second-order valence-corrected chi connectivity index (χ2v) is 6.64. The first kappa shape index (κ1) is 20.0. The summed E-state index contributed by atoms with van der Waals surface area (Å²) in [4.78, 5) is 15.3. The van der Waals surface area contributed by atoms with Gasteiger partial charge in [0.05, 0.1) is 6.04 Å². The quantitative estimate of drug-likeness (QED) is 0.843. The molecule has 2 unspecified atom stereocenters. The number of unbranched alkanes of at least 4 members (excludes halogenated alkanes) is 1. The predicted molar refractivity (Wildman–Crippen MR) is 101 cm³/mol. The first-order valence-corrected chi connectivity index (χ1v) is 8.67. The second-order valence-electron chi connectivity index (χ2n) is 6.64. The lowest BCUT2D eigenvalue weighted by molar-refractivity contribution is -0.123. The van der Waals surface area contributed by atoms with E-state index in [1.807, 2.05) is 6.07 Å². The van der Waals surface area contributed by atoms with Crippen molar-refractivity contribution in [3.05, 3.63) is 29.3 Å². The van der Waals surface area contributed by atoms with Crippen LogP contribution < -0.4 is 5.32 Å². The highest BCUT2D eigenvalue weighted by Crippen LogP contribution is 2.26. The first-order valence-electron chi connectivity index (χ1n) is 8.67. The number of aryl methyl sites for hydroxylation is 2. The molecule has 0 aliphatic carbocycles. The molecule has 1 saturated heterocycles. The van der Waals surface area contributed by atoms with Crippen molar-refractivity contribution in [1.82, 2.24) is 4.90 Å². The molecule has 1 heterocycles. The molecule has 2 atom stereocenters. The molecular formula is C19H31ClN2O. The molecule has 0 bridgehead atoms. The molecule has 130 valence electrons. The molecule has 3 nitrogen and oxygen atoms in total. The van der Waals surface area contributed by atoms with Gasteiger partial charge < -0.3 is 5.32 Å². The van der Waals surface area contributed by atoms with E-state index in [2.05, 4.69) is 50.0 Å². The monoisotopic (exact) mass is 338 g/mol. The molecular weight excluding hydrogens is 308 g/mol. The van der Waals surface area contributed by atoms with Crippen LogP contribution in [0.15, 0.2) is 18.2 Å². The van der Waals surface area contributed by atoms with Crippen LogP contribution >= 0.6 is 12.4 Å². The van der Waals surface area contributed by atoms with E-state index in [1.54, 1.807) is 0 Å². The minimum Gasteiger partial charge on any atom is -0.324 e. The van der Waals surface area contributed by atoms with Crippen molar-refractivity contribution in [1.29, 1.82) is 0 Å². The average Bonchev–Trinajstić information content (AvgIpc) is 2.49. The lowest BCUT2D eigenvalue weighted by atomic mass is 9.95. The number of rotatable bonds is 5. The van der Waals surface area contributed by atoms with E-state index >= 15 is 0 Å². The van der Waals surface area contributed by atoms with Crippen LogP contribution in [0.25, 0.3) is 0 Å². The number of nitrogens with one attached hydrogen (secondary N) is 1. The van der Waals surface area contributed by atoms with Crippen LogP contribution in [0, 0.1) is 13.8 Å². The van der Waals surface area contributed by atoms with Gasteiger partial charge in [-0.2, -0.15) is 0 Å². The minimum absolute atomic E-state index is 0. The van der Waals surface area contributed by atoms with Crippen molar-refractivity contribution in [2.45, 2.75) is 71.9 Å². The van der Waals surface area contributed by atoms with Crippen LogP contribution in [-0.4, -0.2) is 29.4 Å². The maximum Gasteiger partial charge on any atom is 0.241 e. The molecule has 0 spiro atoms. The van der Waals surface area contributed by atoms with E-state index in [1.165, 1.54) is 12.8 Å². The number of carbonyl (C=O) groups is 1. The molecule has 0 saturated carbocycles. The van der Waals surface area contributed by atoms with Crippen molar-refractivity contribution in [2.75, 3.05) is 11.9 Å². The number of benzene rings is 1. The SMILES string of the molecule is CCCCN1C(C)CCCC1C(=O)Nc1c(C)cccc1C.Cl. The summed E-state index contributed by atoms with van der Waals surface area (Å²) in [7, 11) is 0. The zero-order valence-corrected chi connectivity index (χ0v) is 15.7. The standard InChI is InChI=1S/C19H30N2O.ClH/c1-5-6-13-21-16(4)11-8-12-17(21)19(22)20-18-14(2)9-7-10-15(18)3;/h7,9-10,16-17H,5-6,8,11-13H2,1-4H3,(H,20,22);1H. The maximum atomic E-state index is 12.8. The predicted octanol–water partition coefficient (Wildman–Crippen LogP) is 4.71. The maximum absolute atomic E-state index is 12.8. The summed E-state index contributed by atoms with van der Waals surface area (Å²) < 4.78 is 0. The second kappa shape index (κ2) is 9.29. The Kier molecular flexibility index (Phi) is 8.07. The van der Waals surface area contributed by atoms with Crippen molar-refractivity contribution >= 4 is 24.0 Å². The number of hydrogen-bond donors (Lipinski definition) is 1. The van der Waals surface area contributed by atoms with E-state index < -0.39 is 0 Å². The molecule has 1 aromatic rings. The van der Waals surface area contributed by atoms with E-state index in [-0.39, 0.29) is 24.4 Å². The number of carbonyl (C=O) groups excluding carboxylic acids is 1. The molecule has 1 aliphatic rings. The fourth-order valence-corrected chi connectivity index (χ4v) is 3.46. The minimum atomic E-state index is 0. The third kappa shape index (κ3) is 4.95. The molecule has 4 heteroatoms. The van der Waals surface area contributed by atoms with E-state index in [0.717, 1.165) is 42.6 Å². The van der Waals surface area contributed by atoms with Gasteiger partial charge in [0.2, 0.25) is 5.91 Å². The molecule has 1 aliphatic heterocycles. The van der Waals surface area contributed by atoms with Gasteiger partial charge in [0.1, 0.15) is 0 Å². The number of para-hydroxylation sites is 1. The fourth-order valence-electron chi connectivity index (χ4n) is 3.46. The van der Waals surface area contributed by atoms with Gasteiger partial charge in [0, 0.05) is 11.7 Å². The molecule has 0 radical (unpaired) electrons. The Balaban J connectivity index is 0.00000264. The molecule has 1 amide bonds. The number of anilines is 1. The molecule has 2 rings (SSSR count). The van der Waals surface area contributed by atoms with Gasteiger partial charge in [-0.05, 0) is 64.1 Å². The van der Waals surface area contributed by atoms with Crippen LogP contribution in [0.3, 0.4) is 0 Å². The number of hydrogen-bond acceptors (Lipinski definition) is 2. The van der Waals surface area contributed by atoms with Crippen LogP contribution in [0.1, 0.15) is 57.1 Å². The van der Waals surface area contributed by atoms with Gasteiger partial charge in [0.15, 0.2) is 0 Å². The van der Waals surface area contributed by atoms with Crippen LogP contribution in [-0.2, 0) is 4.79 Å². The number of piperidine rings is 1. The smallest absolute Gasteiger partial charge is 0.241 e. The topological polar surface area (TPSA) is 32.3 Å². The Morgan fingerprint density at radius 1 is 1.26 bits per heavy atom. The molecule has 1 aromatic carbocycles. The average molecular weight is 339 g/mol. The van der Waals surface area contributed by atoms with Gasteiger partial charge in [-0.15, -0.1) is 12.4 Å². The van der Waals surface area contributed by atoms with Crippen molar-refractivity contribution in [2.24, 2.45) is 0 Å². The van der Waals surface area contributed by atoms with Crippen LogP contribution in [0.2, 0.25) is 0 Å². The molecule has 23 heavy (non-hydrogen) atoms. The van der Waals surface area contributed by atoms with E-state index in [9.17, 15) is 4.79 Å². The highest BCUT2D eigenvalue weighted by Gasteiger charge is 2.32. The zero-order valence-electron chi connectivity index (χ0n) is 14.9.